The second-order valence-electron chi connectivity index (χ2n) is 6.17. The maximum atomic E-state index is 5.07. The SMILES string of the molecule is COCCCNc1nc(C)cc(N(Cc2ccccc2)C(C)C)n1. The van der Waals surface area contributed by atoms with E-state index in [0.717, 1.165) is 37.6 Å². The molecule has 0 saturated carbocycles. The zero-order valence-electron chi connectivity index (χ0n) is 15.1. The van der Waals surface area contributed by atoms with Gasteiger partial charge in [-0.2, -0.15) is 4.98 Å². The molecular weight excluding hydrogens is 300 g/mol. The second kappa shape index (κ2) is 9.23. The first-order chi connectivity index (χ1) is 11.6. The first-order valence-corrected chi connectivity index (χ1v) is 8.49. The molecule has 2 rings (SSSR count). The molecule has 0 amide bonds. The van der Waals surface area contributed by atoms with E-state index < -0.39 is 0 Å². The van der Waals surface area contributed by atoms with E-state index in [-0.39, 0.29) is 0 Å². The van der Waals surface area contributed by atoms with Crippen LogP contribution in [0.5, 0.6) is 0 Å². The number of hydrogen-bond donors (Lipinski definition) is 1. The molecule has 0 atom stereocenters. The summed E-state index contributed by atoms with van der Waals surface area (Å²) in [5.41, 5.74) is 2.24. The Hall–Kier alpha value is -2.14. The highest BCUT2D eigenvalue weighted by Gasteiger charge is 2.14. The van der Waals surface area contributed by atoms with Crippen LogP contribution in [-0.4, -0.2) is 36.3 Å². The van der Waals surface area contributed by atoms with Crippen LogP contribution in [0.1, 0.15) is 31.5 Å². The lowest BCUT2D eigenvalue weighted by atomic mass is 10.2. The molecule has 130 valence electrons. The Kier molecular flexibility index (Phi) is 7.00. The van der Waals surface area contributed by atoms with Crippen molar-refractivity contribution in [1.29, 1.82) is 0 Å². The smallest absolute Gasteiger partial charge is 0.224 e. The van der Waals surface area contributed by atoms with E-state index in [9.17, 15) is 0 Å². The molecule has 24 heavy (non-hydrogen) atoms. The number of benzene rings is 1. The fourth-order valence-electron chi connectivity index (χ4n) is 2.50. The number of hydrogen-bond acceptors (Lipinski definition) is 5. The number of nitrogens with zero attached hydrogens (tertiary/aromatic N) is 3. The molecule has 2 aromatic rings. The van der Waals surface area contributed by atoms with Crippen LogP contribution in [0.2, 0.25) is 0 Å². The Morgan fingerprint density at radius 2 is 1.92 bits per heavy atom. The molecule has 5 nitrogen and oxygen atoms in total. The monoisotopic (exact) mass is 328 g/mol. The van der Waals surface area contributed by atoms with Gasteiger partial charge >= 0.3 is 0 Å². The second-order valence-corrected chi connectivity index (χ2v) is 6.17. The van der Waals surface area contributed by atoms with Crippen LogP contribution in [0.4, 0.5) is 11.8 Å². The molecule has 1 N–H and O–H groups in total. The van der Waals surface area contributed by atoms with E-state index >= 15 is 0 Å². The minimum Gasteiger partial charge on any atom is -0.385 e. The Balaban J connectivity index is 2.15. The summed E-state index contributed by atoms with van der Waals surface area (Å²) in [5, 5.41) is 3.29. The normalized spacial score (nSPS) is 10.9. The minimum absolute atomic E-state index is 0.348. The molecule has 0 spiro atoms. The third kappa shape index (κ3) is 5.49. The maximum absolute atomic E-state index is 5.07. The van der Waals surface area contributed by atoms with Crippen LogP contribution >= 0.6 is 0 Å². The number of anilines is 2. The fraction of sp³-hybridized carbons (Fsp3) is 0.474. The van der Waals surface area contributed by atoms with Crippen LogP contribution in [0.25, 0.3) is 0 Å². The van der Waals surface area contributed by atoms with Crippen molar-refractivity contribution in [2.24, 2.45) is 0 Å². The fourth-order valence-corrected chi connectivity index (χ4v) is 2.50. The first kappa shape index (κ1) is 18.2. The van der Waals surface area contributed by atoms with E-state index in [1.54, 1.807) is 7.11 Å². The zero-order chi connectivity index (χ0) is 17.4. The molecule has 0 fully saturated rings. The highest BCUT2D eigenvalue weighted by atomic mass is 16.5. The summed E-state index contributed by atoms with van der Waals surface area (Å²) in [7, 11) is 1.71. The molecule has 0 saturated heterocycles. The van der Waals surface area contributed by atoms with Crippen molar-refractivity contribution in [2.45, 2.75) is 39.8 Å². The van der Waals surface area contributed by atoms with E-state index in [2.05, 4.69) is 53.3 Å². The van der Waals surface area contributed by atoms with Gasteiger partial charge in [0.2, 0.25) is 5.95 Å². The van der Waals surface area contributed by atoms with Crippen LogP contribution in [0, 0.1) is 6.92 Å². The van der Waals surface area contributed by atoms with Gasteiger partial charge in [0.1, 0.15) is 5.82 Å². The number of aromatic nitrogens is 2. The molecule has 0 radical (unpaired) electrons. The predicted octanol–water partition coefficient (Wildman–Crippen LogP) is 3.65. The molecule has 1 heterocycles. The zero-order valence-corrected chi connectivity index (χ0v) is 15.1. The highest BCUT2D eigenvalue weighted by Crippen LogP contribution is 2.20. The van der Waals surface area contributed by atoms with E-state index in [1.807, 2.05) is 19.1 Å². The highest BCUT2D eigenvalue weighted by molar-refractivity contribution is 5.46. The quantitative estimate of drug-likeness (QED) is 0.712. The first-order valence-electron chi connectivity index (χ1n) is 8.49. The summed E-state index contributed by atoms with van der Waals surface area (Å²) in [6, 6.07) is 12.9. The van der Waals surface area contributed by atoms with Gasteiger partial charge < -0.3 is 15.0 Å². The molecular formula is C19H28N4O. The summed E-state index contributed by atoms with van der Waals surface area (Å²) in [4.78, 5) is 11.5. The Morgan fingerprint density at radius 1 is 1.17 bits per heavy atom. The number of aryl methyl sites for hydroxylation is 1. The molecule has 0 aliphatic carbocycles. The van der Waals surface area contributed by atoms with Crippen molar-refractivity contribution in [3.05, 3.63) is 47.7 Å². The molecule has 0 aliphatic rings. The van der Waals surface area contributed by atoms with E-state index in [0.29, 0.717) is 12.0 Å². The Labute approximate surface area is 145 Å². The largest absolute Gasteiger partial charge is 0.385 e. The van der Waals surface area contributed by atoms with Crippen molar-refractivity contribution in [3.63, 3.8) is 0 Å². The van der Waals surface area contributed by atoms with Gasteiger partial charge in [-0.1, -0.05) is 30.3 Å². The third-order valence-corrected chi connectivity index (χ3v) is 3.76. The van der Waals surface area contributed by atoms with Crippen molar-refractivity contribution in [3.8, 4) is 0 Å². The van der Waals surface area contributed by atoms with Crippen molar-refractivity contribution in [1.82, 2.24) is 9.97 Å². The molecule has 5 heteroatoms. The summed E-state index contributed by atoms with van der Waals surface area (Å²) in [6.07, 6.45) is 0.932. The van der Waals surface area contributed by atoms with Gasteiger partial charge in [0.15, 0.2) is 0 Å². The summed E-state index contributed by atoms with van der Waals surface area (Å²) >= 11 is 0. The van der Waals surface area contributed by atoms with E-state index in [4.69, 9.17) is 9.72 Å². The van der Waals surface area contributed by atoms with Gasteiger partial charge in [0.25, 0.3) is 0 Å². The molecule has 1 aromatic carbocycles. The van der Waals surface area contributed by atoms with Gasteiger partial charge in [-0.3, -0.25) is 0 Å². The van der Waals surface area contributed by atoms with Crippen LogP contribution in [0.3, 0.4) is 0 Å². The standard InChI is InChI=1S/C19H28N4O/c1-15(2)23(14-17-9-6-5-7-10-17)18-13-16(3)21-19(22-18)20-11-8-12-24-4/h5-7,9-10,13,15H,8,11-12,14H2,1-4H3,(H,20,21,22). The average molecular weight is 328 g/mol. The number of ether oxygens (including phenoxy) is 1. The molecule has 1 aromatic heterocycles. The van der Waals surface area contributed by atoms with Crippen LogP contribution in [-0.2, 0) is 11.3 Å². The molecule has 0 bridgehead atoms. The lowest BCUT2D eigenvalue weighted by molar-refractivity contribution is 0.197. The number of methoxy groups -OCH3 is 1. The Morgan fingerprint density at radius 3 is 2.58 bits per heavy atom. The molecule has 0 unspecified atom stereocenters. The maximum Gasteiger partial charge on any atom is 0.224 e. The van der Waals surface area contributed by atoms with Crippen LogP contribution < -0.4 is 10.2 Å². The van der Waals surface area contributed by atoms with Gasteiger partial charge in [-0.15, -0.1) is 0 Å². The number of rotatable bonds is 9. The van der Waals surface area contributed by atoms with Gasteiger partial charge in [0, 0.05) is 44.6 Å². The Bertz CT molecular complexity index is 616. The number of nitrogens with one attached hydrogen (secondary N) is 1. The molecule has 0 aliphatic heterocycles. The predicted molar refractivity (Wildman–Crippen MR) is 99.5 cm³/mol. The van der Waals surface area contributed by atoms with Crippen molar-refractivity contribution >= 4 is 11.8 Å². The van der Waals surface area contributed by atoms with Gasteiger partial charge in [0.05, 0.1) is 0 Å². The van der Waals surface area contributed by atoms with Gasteiger partial charge in [-0.25, -0.2) is 4.98 Å². The lowest BCUT2D eigenvalue weighted by Crippen LogP contribution is -2.31. The summed E-state index contributed by atoms with van der Waals surface area (Å²) in [5.74, 6) is 1.63. The average Bonchev–Trinajstić information content (AvgIpc) is 2.57. The third-order valence-electron chi connectivity index (χ3n) is 3.76. The van der Waals surface area contributed by atoms with Crippen molar-refractivity contribution < 1.29 is 4.74 Å². The van der Waals surface area contributed by atoms with Gasteiger partial charge in [-0.05, 0) is 32.8 Å². The summed E-state index contributed by atoms with van der Waals surface area (Å²) in [6.45, 7) is 8.75. The van der Waals surface area contributed by atoms with Crippen LogP contribution in [0.15, 0.2) is 36.4 Å². The minimum atomic E-state index is 0.348. The topological polar surface area (TPSA) is 50.3 Å². The lowest BCUT2D eigenvalue weighted by Gasteiger charge is -2.28. The van der Waals surface area contributed by atoms with Crippen molar-refractivity contribution in [2.75, 3.05) is 30.5 Å². The summed E-state index contributed by atoms with van der Waals surface area (Å²) < 4.78 is 5.07. The van der Waals surface area contributed by atoms with E-state index in [1.165, 1.54) is 5.56 Å².